The highest BCUT2D eigenvalue weighted by atomic mass is 32.2. The van der Waals surface area contributed by atoms with Gasteiger partial charge in [-0.15, -0.1) is 0 Å². The van der Waals surface area contributed by atoms with E-state index in [1.54, 1.807) is 12.1 Å². The van der Waals surface area contributed by atoms with Gasteiger partial charge in [0, 0.05) is 79.0 Å². The molecule has 3 heterocycles. The van der Waals surface area contributed by atoms with Crippen LogP contribution in [0, 0.1) is 0 Å². The van der Waals surface area contributed by atoms with Crippen molar-refractivity contribution in [3.63, 3.8) is 0 Å². The van der Waals surface area contributed by atoms with Gasteiger partial charge in [0.15, 0.2) is 24.7 Å². The fraction of sp³-hybridized carbons (Fsp3) is 0.411. The number of ether oxygens (including phenoxy) is 1. The van der Waals surface area contributed by atoms with Crippen LogP contribution >= 0.6 is 15.2 Å². The van der Waals surface area contributed by atoms with Gasteiger partial charge in [-0.3, -0.25) is 32.1 Å². The van der Waals surface area contributed by atoms with E-state index in [4.69, 9.17) is 4.74 Å². The number of aliphatic hydroxyl groups is 2. The van der Waals surface area contributed by atoms with Crippen molar-refractivity contribution in [2.45, 2.75) is 135 Å². The number of unbranched alkanes of at least 4 members (excludes halogenated alkanes) is 3. The quantitative estimate of drug-likeness (QED) is 0.0147. The summed E-state index contributed by atoms with van der Waals surface area (Å²) in [4.78, 5) is 51.8. The fourth-order valence-corrected chi connectivity index (χ4v) is 15.1. The van der Waals surface area contributed by atoms with Crippen LogP contribution in [0.3, 0.4) is 0 Å². The number of pyridine rings is 1. The maximum atomic E-state index is 13.0. The molecule has 0 radical (unpaired) electrons. The number of rotatable bonds is 27. The Morgan fingerprint density at radius 3 is 1.91 bits per heavy atom. The molecule has 1 aliphatic carbocycles. The molecule has 3 aliphatic rings. The van der Waals surface area contributed by atoms with E-state index in [0.29, 0.717) is 96.6 Å². The molecule has 7 rings (SSSR count). The maximum absolute atomic E-state index is 13.0. The number of carbonyl (C=O) groups excluding carboxylic acids is 1. The van der Waals surface area contributed by atoms with Gasteiger partial charge in [0.25, 0.3) is 45.6 Å². The fourth-order valence-electron chi connectivity index (χ4n) is 10.9. The molecule has 0 spiro atoms. The van der Waals surface area contributed by atoms with Gasteiger partial charge in [0.1, 0.15) is 24.2 Å². The normalized spacial score (nSPS) is 17.9. The van der Waals surface area contributed by atoms with Gasteiger partial charge < -0.3 is 44.7 Å². The van der Waals surface area contributed by atoms with Crippen LogP contribution in [0.2, 0.25) is 0 Å². The first-order chi connectivity index (χ1) is 40.6. The Morgan fingerprint density at radius 2 is 1.32 bits per heavy atom. The molecule has 11 N–H and O–H groups in total. The number of hydrogen-bond acceptors (Lipinski definition) is 15. The van der Waals surface area contributed by atoms with Gasteiger partial charge in [0.05, 0.1) is 25.9 Å². The summed E-state index contributed by atoms with van der Waals surface area (Å²) in [5.74, 6) is -0.249. The molecule has 88 heavy (non-hydrogen) atoms. The monoisotopic (exact) mass is 1340 g/mol. The minimum atomic E-state index is -5.69. The average Bonchev–Trinajstić information content (AvgIpc) is 1.99. The lowest BCUT2D eigenvalue weighted by Crippen LogP contribution is -2.44. The molecule has 1 atom stereocenters. The summed E-state index contributed by atoms with van der Waals surface area (Å²) in [5, 5.41) is 20.0. The van der Waals surface area contributed by atoms with Gasteiger partial charge in [0.2, 0.25) is 11.6 Å². The number of carbonyl (C=O) groups is 1. The zero-order valence-electron chi connectivity index (χ0n) is 48.3. The van der Waals surface area contributed by atoms with Crippen molar-refractivity contribution in [3.8, 4) is 5.75 Å². The lowest BCUT2D eigenvalue weighted by atomic mass is 9.81. The Balaban J connectivity index is 1.15. The summed E-state index contributed by atoms with van der Waals surface area (Å²) in [5.41, 5.74) is 3.36. The molecule has 1 amide bonds. The second-order valence-corrected chi connectivity index (χ2v) is 32.6. The topological polar surface area (TPSA) is 421 Å². The van der Waals surface area contributed by atoms with Gasteiger partial charge in [-0.2, -0.15) is 38.2 Å². The summed E-state index contributed by atoms with van der Waals surface area (Å²) in [6.07, 6.45) is 11.5. The van der Waals surface area contributed by atoms with Crippen LogP contribution < -0.4 is 19.5 Å². The smallest absolute Gasteiger partial charge is 0.369 e. The van der Waals surface area contributed by atoms with E-state index in [1.165, 1.54) is 77.6 Å². The van der Waals surface area contributed by atoms with Crippen molar-refractivity contribution in [2.24, 2.45) is 0 Å². The van der Waals surface area contributed by atoms with Crippen molar-refractivity contribution in [1.82, 2.24) is 5.32 Å². The molecule has 2 aliphatic heterocycles. The Kier molecular flexibility index (Phi) is 21.2. The Morgan fingerprint density at radius 1 is 0.727 bits per heavy atom. The second-order valence-electron chi connectivity index (χ2n) is 22.8. The molecular formula is C56H72N4O22P2S4+2. The van der Waals surface area contributed by atoms with Crippen molar-refractivity contribution >= 4 is 78.7 Å². The van der Waals surface area contributed by atoms with E-state index in [-0.39, 0.29) is 64.4 Å². The molecule has 480 valence electrons. The highest BCUT2D eigenvalue weighted by Gasteiger charge is 2.59. The van der Waals surface area contributed by atoms with Crippen LogP contribution in [0.5, 0.6) is 5.75 Å². The number of nitrogens with zero attached hydrogens (tertiary/aromatic N) is 3. The predicted molar refractivity (Wildman–Crippen MR) is 321 cm³/mol. The van der Waals surface area contributed by atoms with Crippen molar-refractivity contribution in [1.29, 1.82) is 0 Å². The van der Waals surface area contributed by atoms with Crippen LogP contribution in [-0.4, -0.2) is 134 Å². The molecule has 3 aromatic carbocycles. The number of anilines is 1. The highest BCUT2D eigenvalue weighted by Crippen LogP contribution is 2.68. The minimum absolute atomic E-state index is 0.0173. The average molecular weight is 1340 g/mol. The van der Waals surface area contributed by atoms with E-state index in [9.17, 15) is 95.6 Å². The molecule has 0 bridgehead atoms. The molecule has 0 fully saturated rings. The molecule has 0 saturated carbocycles. The number of nitrogens with one attached hydrogen (secondary N) is 1. The number of fused-ring (bicyclic) bond motifs is 2. The predicted octanol–water partition coefficient (Wildman–Crippen LogP) is 5.72. The lowest BCUT2D eigenvalue weighted by molar-refractivity contribution is -0.703. The molecule has 4 aromatic rings. The summed E-state index contributed by atoms with van der Waals surface area (Å²) >= 11 is 0. The van der Waals surface area contributed by atoms with E-state index < -0.39 is 89.9 Å². The minimum Gasteiger partial charge on any atom is -0.457 e. The van der Waals surface area contributed by atoms with Crippen LogP contribution in [0.15, 0.2) is 147 Å². The largest absolute Gasteiger partial charge is 0.457 e. The third-order valence-electron chi connectivity index (χ3n) is 15.6. The summed E-state index contributed by atoms with van der Waals surface area (Å²) in [7, 11) is -29.4. The first kappa shape index (κ1) is 69.8. The lowest BCUT2D eigenvalue weighted by Gasteiger charge is -2.29. The second kappa shape index (κ2) is 26.7. The standard InChI is InChI=1S/C56H70N4O22P2S4/c1-54(2)46-33-44(87(76,77)78)20-22-48(46)59(28-7-5-6-13-52(62)57-36-41(61)37-58-30-26-38(27-31-58)35-56(63,83(64,65)66)84(67,68)69)50(54)24-14-39-11-10-12-40(53(39)82-42-16-18-43(19-17-42)86(73,74)75)15-25-51-55(3,4)47-34-45(88(79,80)81)21-23-49(47)60(51)29-8-9-32-85(70,71)72/h14-27,30-31,33-34,41,61,63H,5-13,28-29,32,35-37H2,1-4H3,(H7-2,57,62,64,65,66,67,68,69,70,71,72,73,74,75,76,77,78,79,80,81)/p+2. The van der Waals surface area contributed by atoms with Crippen molar-refractivity contribution in [2.75, 3.05) is 30.3 Å². The van der Waals surface area contributed by atoms with Gasteiger partial charge >= 0.3 is 15.2 Å². The van der Waals surface area contributed by atoms with Crippen LogP contribution in [0.1, 0.15) is 102 Å². The molecule has 1 aromatic heterocycles. The number of hydrogen-bond donors (Lipinski definition) is 11. The van der Waals surface area contributed by atoms with E-state index in [1.807, 2.05) is 61.5 Å². The zero-order valence-corrected chi connectivity index (χ0v) is 53.4. The van der Waals surface area contributed by atoms with Crippen LogP contribution in [-0.2, 0) is 78.2 Å². The van der Waals surface area contributed by atoms with Crippen molar-refractivity contribution < 1.29 is 109 Å². The molecular weight excluding hydrogens is 1270 g/mol. The van der Waals surface area contributed by atoms with Crippen molar-refractivity contribution in [3.05, 3.63) is 149 Å². The SMILES string of the molecule is CC1(C)C(=CC=C2CCCC(C=CC3=[N+](CCCCCC(=O)NCC(O)C[n+]4ccc(CC(O)(P(=O)(O)O)P(=O)(O)O)cc4)c4ccc(S(=O)(=O)O)cc4C3(C)C)=C2Oc2ccc(S(=O)(=O)O)cc2)N(CCCCS(=O)(=O)O)c2ccc(S(=O)(=O)O)cc21. The molecule has 0 saturated heterocycles. The van der Waals surface area contributed by atoms with E-state index >= 15 is 0 Å². The van der Waals surface area contributed by atoms with Crippen LogP contribution in [0.4, 0.5) is 11.4 Å². The van der Waals surface area contributed by atoms with Gasteiger partial charge in [-0.1, -0.05) is 19.9 Å². The Labute approximate surface area is 510 Å². The first-order valence-corrected chi connectivity index (χ1v) is 36.7. The summed E-state index contributed by atoms with van der Waals surface area (Å²) < 4.78 is 170. The Bertz CT molecular complexity index is 4060. The summed E-state index contributed by atoms with van der Waals surface area (Å²) in [6.45, 7) is 7.93. The third kappa shape index (κ3) is 16.7. The maximum Gasteiger partial charge on any atom is 0.369 e. The highest BCUT2D eigenvalue weighted by molar-refractivity contribution is 7.86. The number of allylic oxidation sites excluding steroid dienone is 7. The molecule has 32 heteroatoms. The Hall–Kier alpha value is -5.63. The molecule has 26 nitrogen and oxygen atoms in total. The number of aromatic nitrogens is 1. The first-order valence-electron chi connectivity index (χ1n) is 27.6. The van der Waals surface area contributed by atoms with E-state index in [0.717, 1.165) is 5.71 Å². The molecule has 1 unspecified atom stereocenters. The van der Waals surface area contributed by atoms with E-state index in [2.05, 4.69) is 5.32 Å². The summed E-state index contributed by atoms with van der Waals surface area (Å²) in [6, 6.07) is 16.1. The number of aliphatic hydroxyl groups excluding tert-OH is 1. The number of amides is 1. The van der Waals surface area contributed by atoms with Crippen LogP contribution in [0.25, 0.3) is 0 Å². The third-order valence-corrected chi connectivity index (χ3v) is 22.8. The number of benzene rings is 3. The zero-order chi connectivity index (χ0) is 65.2. The van der Waals surface area contributed by atoms with Gasteiger partial charge in [-0.25, -0.2) is 4.57 Å². The van der Waals surface area contributed by atoms with Gasteiger partial charge in [-0.05, 0) is 148 Å².